The quantitative estimate of drug-likeness (QED) is 0.284. The summed E-state index contributed by atoms with van der Waals surface area (Å²) >= 11 is 0. The Kier molecular flexibility index (Phi) is 11.8. The topological polar surface area (TPSA) is 58.1 Å². The predicted octanol–water partition coefficient (Wildman–Crippen LogP) is 3.33. The predicted molar refractivity (Wildman–Crippen MR) is 123 cm³/mol. The van der Waals surface area contributed by atoms with Crippen LogP contribution in [-0.2, 0) is 11.3 Å². The van der Waals surface area contributed by atoms with E-state index in [1.165, 1.54) is 11.9 Å². The summed E-state index contributed by atoms with van der Waals surface area (Å²) in [7, 11) is 3.06. The third-order valence-electron chi connectivity index (χ3n) is 4.58. The van der Waals surface area contributed by atoms with Crippen LogP contribution in [0.25, 0.3) is 0 Å². The number of guanidine groups is 1. The average molecular weight is 544 g/mol. The first-order valence-corrected chi connectivity index (χ1v) is 9.80. The Morgan fingerprint density at radius 3 is 2.73 bits per heavy atom. The lowest BCUT2D eigenvalue weighted by Crippen LogP contribution is -2.42. The average Bonchev–Trinajstić information content (AvgIpc) is 3.16. The fourth-order valence-corrected chi connectivity index (χ4v) is 3.05. The van der Waals surface area contributed by atoms with Gasteiger partial charge in [-0.15, -0.1) is 24.0 Å². The number of likely N-dealkylation sites (N-methyl/N-ethyl adjacent to an activating group) is 1. The monoisotopic (exact) mass is 544 g/mol. The minimum absolute atomic E-state index is 0. The van der Waals surface area contributed by atoms with Gasteiger partial charge in [-0.3, -0.25) is 9.89 Å². The number of hydrogen-bond acceptors (Lipinski definition) is 4. The number of aliphatic imine (C=N–C) groups is 1. The van der Waals surface area contributed by atoms with Gasteiger partial charge in [0.25, 0.3) is 0 Å². The molecule has 1 atom stereocenters. The first kappa shape index (κ1) is 26.8. The summed E-state index contributed by atoms with van der Waals surface area (Å²) in [6.07, 6.45) is -1.98. The van der Waals surface area contributed by atoms with Gasteiger partial charge in [0.15, 0.2) is 5.96 Å². The van der Waals surface area contributed by atoms with Crippen molar-refractivity contribution < 1.29 is 22.6 Å². The largest absolute Gasteiger partial charge is 0.491 e. The zero-order valence-electron chi connectivity index (χ0n) is 17.7. The Labute approximate surface area is 193 Å². The van der Waals surface area contributed by atoms with E-state index in [0.717, 1.165) is 36.3 Å². The minimum Gasteiger partial charge on any atom is -0.491 e. The summed E-state index contributed by atoms with van der Waals surface area (Å²) in [6, 6.07) is 6.00. The van der Waals surface area contributed by atoms with Crippen LogP contribution < -0.4 is 15.4 Å². The molecule has 0 spiro atoms. The second-order valence-electron chi connectivity index (χ2n) is 7.26. The summed E-state index contributed by atoms with van der Waals surface area (Å²) in [6.45, 7) is 3.47. The van der Waals surface area contributed by atoms with E-state index >= 15 is 0 Å². The lowest BCUT2D eigenvalue weighted by molar-refractivity contribution is -0.142. The van der Waals surface area contributed by atoms with Gasteiger partial charge in [0.05, 0.1) is 12.6 Å². The number of nitrogens with one attached hydrogen (secondary N) is 2. The van der Waals surface area contributed by atoms with Crippen molar-refractivity contribution in [1.29, 1.82) is 0 Å². The van der Waals surface area contributed by atoms with Crippen molar-refractivity contribution in [2.45, 2.75) is 38.6 Å². The van der Waals surface area contributed by atoms with Crippen LogP contribution in [0.2, 0.25) is 0 Å². The SMILES string of the molecule is CN=C(NCCN(C)CC(F)(F)F)NCc1ccc(C)cc1OCC1CCCO1.I. The molecule has 1 aliphatic heterocycles. The van der Waals surface area contributed by atoms with Crippen molar-refractivity contribution >= 4 is 29.9 Å². The fraction of sp³-hybridized carbons (Fsp3) is 0.650. The van der Waals surface area contributed by atoms with Crippen LogP contribution in [0.1, 0.15) is 24.0 Å². The lowest BCUT2D eigenvalue weighted by Gasteiger charge is -2.20. The zero-order chi connectivity index (χ0) is 21.3. The number of aryl methyl sites for hydroxylation is 1. The number of nitrogens with zero attached hydrogens (tertiary/aromatic N) is 2. The molecule has 10 heteroatoms. The molecule has 1 aromatic carbocycles. The molecule has 0 aliphatic carbocycles. The second-order valence-corrected chi connectivity index (χ2v) is 7.26. The van der Waals surface area contributed by atoms with Crippen molar-refractivity contribution in [2.75, 3.05) is 46.9 Å². The molecule has 1 unspecified atom stereocenters. The first-order valence-electron chi connectivity index (χ1n) is 9.80. The second kappa shape index (κ2) is 13.2. The van der Waals surface area contributed by atoms with Crippen LogP contribution in [0, 0.1) is 6.92 Å². The summed E-state index contributed by atoms with van der Waals surface area (Å²) in [5.41, 5.74) is 2.08. The molecule has 1 aromatic rings. The van der Waals surface area contributed by atoms with E-state index in [4.69, 9.17) is 9.47 Å². The maximum atomic E-state index is 12.4. The highest BCUT2D eigenvalue weighted by atomic mass is 127. The number of alkyl halides is 3. The first-order chi connectivity index (χ1) is 13.8. The summed E-state index contributed by atoms with van der Waals surface area (Å²) in [5.74, 6) is 1.32. The Bertz CT molecular complexity index is 668. The number of hydrogen-bond donors (Lipinski definition) is 2. The fourth-order valence-electron chi connectivity index (χ4n) is 3.05. The van der Waals surface area contributed by atoms with Gasteiger partial charge in [-0.25, -0.2) is 0 Å². The Morgan fingerprint density at radius 1 is 1.33 bits per heavy atom. The molecule has 0 amide bonds. The van der Waals surface area contributed by atoms with E-state index in [2.05, 4.69) is 15.6 Å². The van der Waals surface area contributed by atoms with Gasteiger partial charge in [0.1, 0.15) is 12.4 Å². The number of rotatable bonds is 9. The van der Waals surface area contributed by atoms with Crippen molar-refractivity contribution in [3.8, 4) is 5.75 Å². The summed E-state index contributed by atoms with van der Waals surface area (Å²) in [4.78, 5) is 5.34. The Balaban J connectivity index is 0.00000450. The molecule has 0 saturated carbocycles. The molecule has 30 heavy (non-hydrogen) atoms. The molecule has 1 heterocycles. The van der Waals surface area contributed by atoms with Crippen LogP contribution in [-0.4, -0.2) is 70.1 Å². The molecule has 0 bridgehead atoms. The molecule has 172 valence electrons. The molecule has 2 N–H and O–H groups in total. The lowest BCUT2D eigenvalue weighted by atomic mass is 10.1. The molecule has 0 aromatic heterocycles. The van der Waals surface area contributed by atoms with Crippen molar-refractivity contribution in [3.63, 3.8) is 0 Å². The zero-order valence-corrected chi connectivity index (χ0v) is 20.0. The minimum atomic E-state index is -4.19. The van der Waals surface area contributed by atoms with Gasteiger partial charge in [0.2, 0.25) is 0 Å². The summed E-state index contributed by atoms with van der Waals surface area (Å²) < 4.78 is 48.7. The normalized spacial score (nSPS) is 17.0. The van der Waals surface area contributed by atoms with Crippen LogP contribution in [0.15, 0.2) is 23.2 Å². The third-order valence-corrected chi connectivity index (χ3v) is 4.58. The summed E-state index contributed by atoms with van der Waals surface area (Å²) in [5, 5.41) is 6.22. The number of benzene rings is 1. The van der Waals surface area contributed by atoms with E-state index in [9.17, 15) is 13.2 Å². The van der Waals surface area contributed by atoms with E-state index < -0.39 is 12.7 Å². The molecular weight excluding hydrogens is 512 g/mol. The third kappa shape index (κ3) is 10.2. The molecule has 1 fully saturated rings. The van der Waals surface area contributed by atoms with E-state index in [0.29, 0.717) is 25.7 Å². The number of halogens is 4. The molecule has 0 radical (unpaired) electrons. The van der Waals surface area contributed by atoms with Gasteiger partial charge in [-0.05, 0) is 38.4 Å². The molecule has 6 nitrogen and oxygen atoms in total. The molecule has 1 aliphatic rings. The van der Waals surface area contributed by atoms with E-state index in [-0.39, 0.29) is 36.6 Å². The van der Waals surface area contributed by atoms with Gasteiger partial charge in [-0.2, -0.15) is 13.2 Å². The number of ether oxygens (including phenoxy) is 2. The Hall–Kier alpha value is -1.27. The highest BCUT2D eigenvalue weighted by molar-refractivity contribution is 14.0. The van der Waals surface area contributed by atoms with Crippen molar-refractivity contribution in [1.82, 2.24) is 15.5 Å². The standard InChI is InChI=1S/C20H31F3N4O2.HI/c1-15-6-7-16(18(11-15)29-13-17-5-4-10-28-17)12-26-19(24-2)25-8-9-27(3)14-20(21,22)23;/h6-7,11,17H,4-5,8-10,12-14H2,1-3H3,(H2,24,25,26);1H. The van der Waals surface area contributed by atoms with Crippen LogP contribution >= 0.6 is 24.0 Å². The van der Waals surface area contributed by atoms with Crippen LogP contribution in [0.5, 0.6) is 5.75 Å². The van der Waals surface area contributed by atoms with Gasteiger partial charge in [-0.1, -0.05) is 12.1 Å². The van der Waals surface area contributed by atoms with Gasteiger partial charge >= 0.3 is 6.18 Å². The van der Waals surface area contributed by atoms with Crippen LogP contribution in [0.3, 0.4) is 0 Å². The van der Waals surface area contributed by atoms with E-state index in [1.807, 2.05) is 25.1 Å². The Morgan fingerprint density at radius 2 is 2.10 bits per heavy atom. The molecule has 1 saturated heterocycles. The van der Waals surface area contributed by atoms with E-state index in [1.54, 1.807) is 7.05 Å². The molecular formula is C20H32F3IN4O2. The van der Waals surface area contributed by atoms with Crippen molar-refractivity contribution in [3.05, 3.63) is 29.3 Å². The maximum absolute atomic E-state index is 12.4. The van der Waals surface area contributed by atoms with Gasteiger partial charge < -0.3 is 20.1 Å². The van der Waals surface area contributed by atoms with Gasteiger partial charge in [0, 0.05) is 38.9 Å². The van der Waals surface area contributed by atoms with Crippen LogP contribution in [0.4, 0.5) is 13.2 Å². The highest BCUT2D eigenvalue weighted by Crippen LogP contribution is 2.22. The highest BCUT2D eigenvalue weighted by Gasteiger charge is 2.28. The van der Waals surface area contributed by atoms with Crippen molar-refractivity contribution in [2.24, 2.45) is 4.99 Å². The smallest absolute Gasteiger partial charge is 0.401 e. The molecule has 2 rings (SSSR count). The maximum Gasteiger partial charge on any atom is 0.401 e.